The van der Waals surface area contributed by atoms with Crippen LogP contribution in [-0.4, -0.2) is 60.7 Å². The van der Waals surface area contributed by atoms with Crippen molar-refractivity contribution in [2.24, 2.45) is 0 Å². The number of carbonyl (C=O) groups is 1. The van der Waals surface area contributed by atoms with E-state index in [1.165, 1.54) is 0 Å². The summed E-state index contributed by atoms with van der Waals surface area (Å²) >= 11 is 0. The van der Waals surface area contributed by atoms with Crippen LogP contribution < -0.4 is 14.8 Å². The summed E-state index contributed by atoms with van der Waals surface area (Å²) in [6, 6.07) is 14.8. The minimum atomic E-state index is -1.03. The molecule has 2 heterocycles. The molecule has 0 bridgehead atoms. The smallest absolute Gasteiger partial charge is 0.339 e. The summed E-state index contributed by atoms with van der Waals surface area (Å²) in [7, 11) is 1.57. The second-order valence-corrected chi connectivity index (χ2v) is 8.42. The third kappa shape index (κ3) is 6.36. The van der Waals surface area contributed by atoms with Crippen molar-refractivity contribution < 1.29 is 29.2 Å². The van der Waals surface area contributed by atoms with E-state index >= 15 is 0 Å². The highest BCUT2D eigenvalue weighted by molar-refractivity contribution is 5.92. The molecule has 3 N–H and O–H groups in total. The number of aryl methyl sites for hydroxylation is 1. The molecular formula is C27H30N2O6. The second kappa shape index (κ2) is 11.8. The van der Waals surface area contributed by atoms with Crippen LogP contribution in [0.5, 0.6) is 11.5 Å². The number of ether oxygens (including phenoxy) is 3. The summed E-state index contributed by atoms with van der Waals surface area (Å²) in [5.74, 6) is 0.134. The summed E-state index contributed by atoms with van der Waals surface area (Å²) < 4.78 is 16.8. The highest BCUT2D eigenvalue weighted by Crippen LogP contribution is 2.34. The highest BCUT2D eigenvalue weighted by atomic mass is 16.5. The van der Waals surface area contributed by atoms with E-state index in [4.69, 9.17) is 14.2 Å². The van der Waals surface area contributed by atoms with Crippen molar-refractivity contribution in [1.29, 1.82) is 0 Å². The lowest BCUT2D eigenvalue weighted by molar-refractivity contribution is 0.0689. The molecule has 0 unspecified atom stereocenters. The minimum absolute atomic E-state index is 0.0186. The van der Waals surface area contributed by atoms with Crippen molar-refractivity contribution in [3.63, 3.8) is 0 Å². The van der Waals surface area contributed by atoms with Crippen LogP contribution in [-0.2, 0) is 11.2 Å². The summed E-state index contributed by atoms with van der Waals surface area (Å²) in [6.07, 6.45) is 4.48. The first-order valence-electron chi connectivity index (χ1n) is 11.6. The average molecular weight is 479 g/mol. The quantitative estimate of drug-likeness (QED) is 0.359. The van der Waals surface area contributed by atoms with Gasteiger partial charge in [-0.1, -0.05) is 18.2 Å². The number of aliphatic hydroxyl groups is 1. The van der Waals surface area contributed by atoms with Gasteiger partial charge >= 0.3 is 5.97 Å². The van der Waals surface area contributed by atoms with Gasteiger partial charge in [-0.3, -0.25) is 4.98 Å². The van der Waals surface area contributed by atoms with Crippen molar-refractivity contribution in [1.82, 2.24) is 10.3 Å². The summed E-state index contributed by atoms with van der Waals surface area (Å²) in [5.41, 5.74) is 3.86. The molecular weight excluding hydrogens is 448 g/mol. The molecule has 4 rings (SSSR count). The largest absolute Gasteiger partial charge is 0.490 e. The van der Waals surface area contributed by atoms with Crippen molar-refractivity contribution in [2.45, 2.75) is 25.0 Å². The Morgan fingerprint density at radius 1 is 1.20 bits per heavy atom. The van der Waals surface area contributed by atoms with Gasteiger partial charge in [-0.15, -0.1) is 0 Å². The van der Waals surface area contributed by atoms with Crippen LogP contribution in [0.15, 0.2) is 60.9 Å². The maximum absolute atomic E-state index is 11.6. The van der Waals surface area contributed by atoms with Gasteiger partial charge < -0.3 is 29.7 Å². The lowest BCUT2D eigenvalue weighted by Crippen LogP contribution is -2.36. The Morgan fingerprint density at radius 3 is 2.80 bits per heavy atom. The summed E-state index contributed by atoms with van der Waals surface area (Å²) in [6.45, 7) is 1.71. The molecule has 0 radical (unpaired) electrons. The van der Waals surface area contributed by atoms with E-state index in [2.05, 4.69) is 16.4 Å². The molecule has 8 heteroatoms. The number of hydrogen-bond acceptors (Lipinski definition) is 7. The zero-order chi connectivity index (χ0) is 24.6. The molecule has 8 nitrogen and oxygen atoms in total. The predicted octanol–water partition coefficient (Wildman–Crippen LogP) is 3.49. The minimum Gasteiger partial charge on any atom is -0.490 e. The van der Waals surface area contributed by atoms with Gasteiger partial charge in [0.05, 0.1) is 12.7 Å². The molecule has 2 atom stereocenters. The zero-order valence-corrected chi connectivity index (χ0v) is 19.6. The van der Waals surface area contributed by atoms with Gasteiger partial charge in [-0.05, 0) is 59.9 Å². The van der Waals surface area contributed by atoms with Gasteiger partial charge in [-0.25, -0.2) is 4.79 Å². The Morgan fingerprint density at radius 2 is 2.03 bits per heavy atom. The van der Waals surface area contributed by atoms with Crippen LogP contribution in [0, 0.1) is 0 Å². The lowest BCUT2D eigenvalue weighted by atomic mass is 9.96. The Bertz CT molecular complexity index is 1140. The number of carboxylic acid groups (broad SMARTS) is 1. The monoisotopic (exact) mass is 478 g/mol. The van der Waals surface area contributed by atoms with Gasteiger partial charge in [0.1, 0.15) is 29.8 Å². The molecule has 0 fully saturated rings. The van der Waals surface area contributed by atoms with E-state index in [0.717, 1.165) is 40.8 Å². The van der Waals surface area contributed by atoms with E-state index in [1.807, 2.05) is 24.3 Å². The normalized spacial score (nSPS) is 15.7. The molecule has 184 valence electrons. The maximum atomic E-state index is 11.6. The van der Waals surface area contributed by atoms with Gasteiger partial charge in [0.15, 0.2) is 0 Å². The number of rotatable bonds is 11. The van der Waals surface area contributed by atoms with E-state index in [9.17, 15) is 15.0 Å². The predicted molar refractivity (Wildman–Crippen MR) is 131 cm³/mol. The van der Waals surface area contributed by atoms with Crippen LogP contribution in [0.3, 0.4) is 0 Å². The number of nitrogens with one attached hydrogen (secondary N) is 1. The molecule has 0 aliphatic carbocycles. The Hall–Kier alpha value is -3.46. The number of aromatic carboxylic acids is 1. The third-order valence-electron chi connectivity index (χ3n) is 5.96. The van der Waals surface area contributed by atoms with Crippen LogP contribution in [0.4, 0.5) is 0 Å². The average Bonchev–Trinajstić information content (AvgIpc) is 2.88. The Balaban J connectivity index is 1.38. The number of nitrogens with zero attached hydrogens (tertiary/aromatic N) is 1. The molecule has 1 aliphatic heterocycles. The summed E-state index contributed by atoms with van der Waals surface area (Å²) in [5, 5.41) is 23.0. The first-order chi connectivity index (χ1) is 17.0. The number of methoxy groups -OCH3 is 1. The fraction of sp³-hybridized carbons (Fsp3) is 0.333. The van der Waals surface area contributed by atoms with Gasteiger partial charge in [0.2, 0.25) is 0 Å². The number of aliphatic hydroxyl groups excluding tert-OH is 1. The van der Waals surface area contributed by atoms with Gasteiger partial charge in [0.25, 0.3) is 0 Å². The van der Waals surface area contributed by atoms with Crippen molar-refractivity contribution in [3.05, 3.63) is 77.6 Å². The first-order valence-corrected chi connectivity index (χ1v) is 11.6. The van der Waals surface area contributed by atoms with Gasteiger partial charge in [-0.2, -0.15) is 0 Å². The number of carboxylic acids is 1. The van der Waals surface area contributed by atoms with Crippen LogP contribution in [0.1, 0.15) is 34.0 Å². The van der Waals surface area contributed by atoms with E-state index in [0.29, 0.717) is 25.4 Å². The molecule has 0 saturated carbocycles. The van der Waals surface area contributed by atoms with Crippen LogP contribution >= 0.6 is 0 Å². The number of fused-ring (bicyclic) bond motifs is 1. The lowest BCUT2D eigenvalue weighted by Gasteiger charge is -2.27. The third-order valence-corrected chi connectivity index (χ3v) is 5.96. The SMILES string of the molecule is COCCOc1cc(-c2ccc3c(c2)CC[C@H](CNC[C@H](O)c2cccnc2)O3)ccc1C(=O)O. The summed E-state index contributed by atoms with van der Waals surface area (Å²) in [4.78, 5) is 15.6. The van der Waals surface area contributed by atoms with Crippen LogP contribution in [0.2, 0.25) is 0 Å². The molecule has 3 aromatic rings. The Kier molecular flexibility index (Phi) is 8.31. The molecule has 1 aromatic heterocycles. The Labute approximate surface area is 204 Å². The molecule has 35 heavy (non-hydrogen) atoms. The maximum Gasteiger partial charge on any atom is 0.339 e. The first kappa shape index (κ1) is 24.7. The van der Waals surface area contributed by atoms with Gasteiger partial charge in [0, 0.05) is 38.2 Å². The molecule has 0 saturated heterocycles. The number of benzene rings is 2. The molecule has 2 aromatic carbocycles. The number of aromatic nitrogens is 1. The zero-order valence-electron chi connectivity index (χ0n) is 19.6. The number of hydrogen-bond donors (Lipinski definition) is 3. The standard InChI is InChI=1S/C27H30N2O6/c1-33-11-12-34-26-14-19(5-8-23(26)27(31)32)18-6-9-25-20(13-18)4-7-22(35-25)16-29-17-24(30)21-3-2-10-28-15-21/h2-3,5-6,8-10,13-15,22,24,29-30H,4,7,11-12,16-17H2,1H3,(H,31,32)/t22-,24+/m1/s1. The topological polar surface area (TPSA) is 110 Å². The van der Waals surface area contributed by atoms with Crippen molar-refractivity contribution >= 4 is 5.97 Å². The molecule has 1 aliphatic rings. The fourth-order valence-corrected chi connectivity index (χ4v) is 4.07. The number of pyridine rings is 1. The highest BCUT2D eigenvalue weighted by Gasteiger charge is 2.21. The fourth-order valence-electron chi connectivity index (χ4n) is 4.07. The van der Waals surface area contributed by atoms with Crippen molar-refractivity contribution in [3.8, 4) is 22.6 Å². The molecule has 0 spiro atoms. The van der Waals surface area contributed by atoms with Crippen LogP contribution in [0.25, 0.3) is 11.1 Å². The van der Waals surface area contributed by atoms with E-state index in [1.54, 1.807) is 37.7 Å². The van der Waals surface area contributed by atoms with Crippen molar-refractivity contribution in [2.75, 3.05) is 33.4 Å². The second-order valence-electron chi connectivity index (χ2n) is 8.42. The van der Waals surface area contributed by atoms with E-state index in [-0.39, 0.29) is 18.3 Å². The van der Waals surface area contributed by atoms with E-state index < -0.39 is 12.1 Å². The molecule has 0 amide bonds.